The molecule has 0 aliphatic heterocycles. The van der Waals surface area contributed by atoms with Crippen molar-refractivity contribution in [3.05, 3.63) is 85.7 Å². The number of carboxylic acids is 1. The summed E-state index contributed by atoms with van der Waals surface area (Å²) in [7, 11) is 1.46. The lowest BCUT2D eigenvalue weighted by molar-refractivity contribution is 0.0702. The summed E-state index contributed by atoms with van der Waals surface area (Å²) in [6.07, 6.45) is 0. The Morgan fingerprint density at radius 1 is 1.03 bits per heavy atom. The molecule has 4 rings (SSSR count). The maximum absolute atomic E-state index is 12.8. The lowest BCUT2D eigenvalue weighted by atomic mass is 10.2. The van der Waals surface area contributed by atoms with E-state index in [1.54, 1.807) is 18.2 Å². The molecule has 1 N–H and O–H groups in total. The molecule has 2 aromatic carbocycles. The van der Waals surface area contributed by atoms with Crippen LogP contribution < -0.4 is 15.9 Å². The number of ether oxygens (including phenoxy) is 1. The van der Waals surface area contributed by atoms with Gasteiger partial charge in [0.1, 0.15) is 21.2 Å². The van der Waals surface area contributed by atoms with Crippen LogP contribution in [0.25, 0.3) is 16.0 Å². The monoisotopic (exact) mass is 408 g/mol. The van der Waals surface area contributed by atoms with Crippen molar-refractivity contribution >= 4 is 27.7 Å². The first-order valence-electron chi connectivity index (χ1n) is 8.69. The molecule has 0 bridgehead atoms. The largest absolute Gasteiger partial charge is 0.477 e. The summed E-state index contributed by atoms with van der Waals surface area (Å²) >= 11 is 0.946. The van der Waals surface area contributed by atoms with E-state index in [2.05, 4.69) is 0 Å². The van der Waals surface area contributed by atoms with Crippen LogP contribution in [-0.4, -0.2) is 20.2 Å². The minimum absolute atomic E-state index is 0.0437. The van der Waals surface area contributed by atoms with Gasteiger partial charge < -0.3 is 9.84 Å². The molecule has 0 fully saturated rings. The van der Waals surface area contributed by atoms with Gasteiger partial charge in [-0.15, -0.1) is 11.3 Å². The van der Waals surface area contributed by atoms with E-state index in [1.807, 2.05) is 37.3 Å². The number of aryl methyl sites for hydroxylation is 2. The molecule has 7 nitrogen and oxygen atoms in total. The van der Waals surface area contributed by atoms with E-state index in [-0.39, 0.29) is 4.88 Å². The topological polar surface area (TPSA) is 90.5 Å². The van der Waals surface area contributed by atoms with Crippen LogP contribution in [0.1, 0.15) is 15.2 Å². The minimum Gasteiger partial charge on any atom is -0.477 e. The zero-order chi connectivity index (χ0) is 20.7. The molecule has 0 unspecified atom stereocenters. The lowest BCUT2D eigenvalue weighted by Crippen LogP contribution is -2.39. The standard InChI is InChI=1S/C21H16N2O5S/c1-12-8-9-13(10-16(12)28-14-6-4-3-5-7-14)23-15-11-17(21(26)27)29-20(15)22(2)18(24)19(23)25/h3-11H,1-2H3,(H,26,27). The normalized spacial score (nSPS) is 11.0. The molecule has 0 saturated heterocycles. The fourth-order valence-electron chi connectivity index (χ4n) is 3.03. The molecule has 2 aromatic heterocycles. The number of fused-ring (bicyclic) bond motifs is 1. The molecule has 0 atom stereocenters. The van der Waals surface area contributed by atoms with E-state index in [0.29, 0.717) is 27.5 Å². The van der Waals surface area contributed by atoms with Crippen LogP contribution in [0.3, 0.4) is 0 Å². The number of aromatic carboxylic acids is 1. The molecule has 29 heavy (non-hydrogen) atoms. The quantitative estimate of drug-likeness (QED) is 0.522. The molecule has 2 heterocycles. The SMILES string of the molecule is Cc1ccc(-n2c(=O)c(=O)n(C)c3sc(C(=O)O)cc32)cc1Oc1ccccc1. The Labute approximate surface area is 168 Å². The van der Waals surface area contributed by atoms with Gasteiger partial charge in [0, 0.05) is 13.1 Å². The third-order valence-electron chi connectivity index (χ3n) is 4.54. The Bertz CT molecular complexity index is 1370. The van der Waals surface area contributed by atoms with E-state index < -0.39 is 17.1 Å². The van der Waals surface area contributed by atoms with Crippen molar-refractivity contribution < 1.29 is 14.6 Å². The van der Waals surface area contributed by atoms with Crippen LogP contribution in [0.15, 0.2) is 64.2 Å². The molecule has 0 spiro atoms. The van der Waals surface area contributed by atoms with Crippen molar-refractivity contribution in [1.29, 1.82) is 0 Å². The number of benzene rings is 2. The fourth-order valence-corrected chi connectivity index (χ4v) is 3.97. The van der Waals surface area contributed by atoms with Gasteiger partial charge in [-0.2, -0.15) is 0 Å². The summed E-state index contributed by atoms with van der Waals surface area (Å²) in [4.78, 5) is 37.1. The maximum atomic E-state index is 12.8. The van der Waals surface area contributed by atoms with E-state index >= 15 is 0 Å². The van der Waals surface area contributed by atoms with E-state index in [4.69, 9.17) is 4.74 Å². The average Bonchev–Trinajstić information content (AvgIpc) is 3.15. The number of rotatable bonds is 4. The molecule has 0 aliphatic carbocycles. The van der Waals surface area contributed by atoms with Gasteiger partial charge in [-0.3, -0.25) is 18.7 Å². The lowest BCUT2D eigenvalue weighted by Gasteiger charge is -2.13. The number of carbonyl (C=O) groups is 1. The third kappa shape index (κ3) is 3.23. The van der Waals surface area contributed by atoms with Crippen LogP contribution in [0.4, 0.5) is 0 Å². The van der Waals surface area contributed by atoms with Crippen molar-refractivity contribution in [3.8, 4) is 17.2 Å². The van der Waals surface area contributed by atoms with E-state index in [0.717, 1.165) is 16.9 Å². The minimum atomic E-state index is -1.12. The highest BCUT2D eigenvalue weighted by atomic mass is 32.1. The first-order valence-corrected chi connectivity index (χ1v) is 9.51. The van der Waals surface area contributed by atoms with Crippen molar-refractivity contribution in [3.63, 3.8) is 0 Å². The summed E-state index contributed by atoms with van der Waals surface area (Å²) in [6.45, 7) is 1.87. The number of hydrogen-bond acceptors (Lipinski definition) is 5. The van der Waals surface area contributed by atoms with Crippen molar-refractivity contribution in [2.45, 2.75) is 6.92 Å². The van der Waals surface area contributed by atoms with Crippen LogP contribution >= 0.6 is 11.3 Å². The highest BCUT2D eigenvalue weighted by Gasteiger charge is 2.19. The summed E-state index contributed by atoms with van der Waals surface area (Å²) in [6, 6.07) is 15.8. The highest BCUT2D eigenvalue weighted by molar-refractivity contribution is 7.20. The van der Waals surface area contributed by atoms with Gasteiger partial charge in [0.2, 0.25) is 0 Å². The number of hydrogen-bond donors (Lipinski definition) is 1. The molecule has 0 amide bonds. The molecule has 8 heteroatoms. The van der Waals surface area contributed by atoms with Crippen molar-refractivity contribution in [2.24, 2.45) is 7.05 Å². The Hall–Kier alpha value is -3.65. The Kier molecular flexibility index (Phi) is 4.56. The number of thiophene rings is 1. The van der Waals surface area contributed by atoms with E-state index in [9.17, 15) is 19.5 Å². The second kappa shape index (κ2) is 7.06. The van der Waals surface area contributed by atoms with E-state index in [1.165, 1.54) is 22.2 Å². The van der Waals surface area contributed by atoms with Gasteiger partial charge in [0.15, 0.2) is 0 Å². The van der Waals surface area contributed by atoms with Gasteiger partial charge >= 0.3 is 17.1 Å². The molecule has 146 valence electrons. The second-order valence-electron chi connectivity index (χ2n) is 6.48. The molecule has 0 radical (unpaired) electrons. The maximum Gasteiger partial charge on any atom is 0.346 e. The molecule has 0 saturated carbocycles. The number of carboxylic acid groups (broad SMARTS) is 1. The Morgan fingerprint density at radius 3 is 2.45 bits per heavy atom. The third-order valence-corrected chi connectivity index (χ3v) is 5.73. The molecular weight excluding hydrogens is 392 g/mol. The summed E-state index contributed by atoms with van der Waals surface area (Å²) in [5, 5.41) is 9.34. The Balaban J connectivity index is 1.95. The fraction of sp³-hybridized carbons (Fsp3) is 0.0952. The first kappa shape index (κ1) is 18.7. The Morgan fingerprint density at radius 2 is 1.76 bits per heavy atom. The van der Waals surface area contributed by atoms with Gasteiger partial charge in [-0.25, -0.2) is 4.79 Å². The molecular formula is C21H16N2O5S. The predicted octanol–water partition coefficient (Wildman–Crippen LogP) is 3.55. The predicted molar refractivity (Wildman–Crippen MR) is 111 cm³/mol. The van der Waals surface area contributed by atoms with Crippen molar-refractivity contribution in [2.75, 3.05) is 0 Å². The van der Waals surface area contributed by atoms with Crippen LogP contribution in [0, 0.1) is 6.92 Å². The average molecular weight is 408 g/mol. The molecule has 4 aromatic rings. The van der Waals surface area contributed by atoms with Gasteiger partial charge in [0.05, 0.1) is 11.2 Å². The summed E-state index contributed by atoms with van der Waals surface area (Å²) < 4.78 is 8.35. The number of nitrogens with zero attached hydrogens (tertiary/aromatic N) is 2. The smallest absolute Gasteiger partial charge is 0.346 e. The number of para-hydroxylation sites is 1. The first-order chi connectivity index (χ1) is 13.9. The van der Waals surface area contributed by atoms with Crippen LogP contribution in [-0.2, 0) is 7.05 Å². The van der Waals surface area contributed by atoms with Gasteiger partial charge in [0.25, 0.3) is 0 Å². The van der Waals surface area contributed by atoms with Crippen LogP contribution in [0.5, 0.6) is 11.5 Å². The van der Waals surface area contributed by atoms with Crippen molar-refractivity contribution in [1.82, 2.24) is 9.13 Å². The van der Waals surface area contributed by atoms with Crippen LogP contribution in [0.2, 0.25) is 0 Å². The second-order valence-corrected chi connectivity index (χ2v) is 7.51. The molecule has 0 aliphatic rings. The zero-order valence-corrected chi connectivity index (χ0v) is 16.4. The summed E-state index contributed by atoms with van der Waals surface area (Å²) in [5.41, 5.74) is 0.131. The summed E-state index contributed by atoms with van der Waals surface area (Å²) in [5.74, 6) is 0.0516. The highest BCUT2D eigenvalue weighted by Crippen LogP contribution is 2.29. The zero-order valence-electron chi connectivity index (χ0n) is 15.6. The number of aromatic nitrogens is 2. The van der Waals surface area contributed by atoms with Gasteiger partial charge in [-0.1, -0.05) is 24.3 Å². The van der Waals surface area contributed by atoms with Gasteiger partial charge in [-0.05, 0) is 36.8 Å².